The van der Waals surface area contributed by atoms with E-state index in [1.807, 2.05) is 0 Å². The van der Waals surface area contributed by atoms with E-state index in [1.165, 1.54) is 21.3 Å². The van der Waals surface area contributed by atoms with Crippen LogP contribution in [0, 0.1) is 5.82 Å². The monoisotopic (exact) mass is 388 g/mol. The Morgan fingerprint density at radius 2 is 1.37 bits per heavy atom. The van der Waals surface area contributed by atoms with Crippen LogP contribution >= 0.6 is 0 Å². The van der Waals surface area contributed by atoms with Gasteiger partial charge in [0.25, 0.3) is 11.8 Å². The van der Waals surface area contributed by atoms with E-state index in [-0.39, 0.29) is 35.8 Å². The molecule has 0 saturated carbocycles. The second kappa shape index (κ2) is 6.54. The Morgan fingerprint density at radius 3 is 1.89 bits per heavy atom. The fraction of sp³-hybridized carbons (Fsp3) is 0.263. The number of fused-ring (bicyclic) bond motifs is 1. The van der Waals surface area contributed by atoms with Gasteiger partial charge in [0, 0.05) is 19.1 Å². The molecule has 0 N–H and O–H groups in total. The highest BCUT2D eigenvalue weighted by atomic mass is 32.2. The van der Waals surface area contributed by atoms with Gasteiger partial charge in [-0.15, -0.1) is 0 Å². The minimum absolute atomic E-state index is 0.0306. The van der Waals surface area contributed by atoms with Crippen molar-refractivity contribution < 1.29 is 22.4 Å². The number of halogens is 1. The molecule has 8 heteroatoms. The molecule has 0 aromatic heterocycles. The van der Waals surface area contributed by atoms with E-state index in [9.17, 15) is 22.4 Å². The molecular formula is C19H17FN2O4S. The number of carbonyl (C=O) groups excluding carboxylic acids is 2. The van der Waals surface area contributed by atoms with Crippen LogP contribution in [-0.4, -0.2) is 48.6 Å². The molecule has 0 unspecified atom stereocenters. The molecule has 1 saturated heterocycles. The van der Waals surface area contributed by atoms with Gasteiger partial charge in [-0.1, -0.05) is 12.1 Å². The molecule has 0 bridgehead atoms. The third-order valence-corrected chi connectivity index (χ3v) is 6.98. The highest BCUT2D eigenvalue weighted by Gasteiger charge is 2.41. The van der Waals surface area contributed by atoms with Crippen molar-refractivity contribution in [2.75, 3.05) is 13.1 Å². The number of imide groups is 1. The average Bonchev–Trinajstić information content (AvgIpc) is 2.93. The minimum Gasteiger partial charge on any atom is -0.271 e. The van der Waals surface area contributed by atoms with Crippen molar-refractivity contribution >= 4 is 21.8 Å². The van der Waals surface area contributed by atoms with Gasteiger partial charge < -0.3 is 0 Å². The first kappa shape index (κ1) is 17.8. The van der Waals surface area contributed by atoms with E-state index in [1.54, 1.807) is 24.3 Å². The predicted octanol–water partition coefficient (Wildman–Crippen LogP) is 2.28. The van der Waals surface area contributed by atoms with Crippen molar-refractivity contribution in [1.82, 2.24) is 9.21 Å². The molecule has 6 nitrogen and oxygen atoms in total. The van der Waals surface area contributed by atoms with Gasteiger partial charge in [-0.05, 0) is 49.2 Å². The van der Waals surface area contributed by atoms with Gasteiger partial charge in [0.2, 0.25) is 10.0 Å². The van der Waals surface area contributed by atoms with Crippen LogP contribution in [0.25, 0.3) is 0 Å². The van der Waals surface area contributed by atoms with Crippen molar-refractivity contribution in [2.45, 2.75) is 23.8 Å². The fourth-order valence-corrected chi connectivity index (χ4v) is 5.11. The van der Waals surface area contributed by atoms with E-state index in [2.05, 4.69) is 0 Å². The van der Waals surface area contributed by atoms with Crippen LogP contribution in [0.2, 0.25) is 0 Å². The van der Waals surface area contributed by atoms with Crippen LogP contribution in [0.1, 0.15) is 33.6 Å². The SMILES string of the molecule is O=C1c2ccccc2C(=O)N1C1CCN(S(=O)(=O)c2ccc(F)cc2)CC1. The molecule has 2 amide bonds. The lowest BCUT2D eigenvalue weighted by atomic mass is 10.1. The molecular weight excluding hydrogens is 371 g/mol. The summed E-state index contributed by atoms with van der Waals surface area (Å²) in [6.45, 7) is 0.384. The van der Waals surface area contributed by atoms with Gasteiger partial charge in [0.15, 0.2) is 0 Å². The second-order valence-electron chi connectivity index (χ2n) is 6.62. The largest absolute Gasteiger partial charge is 0.271 e. The fourth-order valence-electron chi connectivity index (χ4n) is 3.64. The summed E-state index contributed by atoms with van der Waals surface area (Å²) in [5, 5.41) is 0. The standard InChI is InChI=1S/C19H17FN2O4S/c20-13-5-7-15(8-6-13)27(25,26)21-11-9-14(10-12-21)22-18(23)16-3-1-2-4-17(16)19(22)24/h1-8,14H,9-12H2. The molecule has 2 aromatic rings. The van der Waals surface area contributed by atoms with Crippen LogP contribution in [0.15, 0.2) is 53.4 Å². The Bertz CT molecular complexity index is 977. The van der Waals surface area contributed by atoms with Crippen LogP contribution in [0.3, 0.4) is 0 Å². The molecule has 2 aliphatic rings. The van der Waals surface area contributed by atoms with Gasteiger partial charge in [-0.3, -0.25) is 14.5 Å². The van der Waals surface area contributed by atoms with Crippen LogP contribution in [0.5, 0.6) is 0 Å². The van der Waals surface area contributed by atoms with Crippen molar-refractivity contribution in [3.63, 3.8) is 0 Å². The lowest BCUT2D eigenvalue weighted by Gasteiger charge is -2.35. The molecule has 2 aliphatic heterocycles. The number of sulfonamides is 1. The number of nitrogens with zero attached hydrogens (tertiary/aromatic N) is 2. The number of amides is 2. The van der Waals surface area contributed by atoms with Crippen LogP contribution in [0.4, 0.5) is 4.39 Å². The maximum atomic E-state index is 13.0. The maximum Gasteiger partial charge on any atom is 0.261 e. The first-order valence-corrected chi connectivity index (χ1v) is 10.1. The number of hydrogen-bond donors (Lipinski definition) is 0. The molecule has 2 heterocycles. The smallest absolute Gasteiger partial charge is 0.261 e. The summed E-state index contributed by atoms with van der Waals surface area (Å²) in [5.74, 6) is -1.15. The van der Waals surface area contributed by atoms with Gasteiger partial charge in [-0.25, -0.2) is 12.8 Å². The Morgan fingerprint density at radius 1 is 0.852 bits per heavy atom. The van der Waals surface area contributed by atoms with Gasteiger partial charge in [0.1, 0.15) is 5.82 Å². The quantitative estimate of drug-likeness (QED) is 0.756. The molecule has 0 atom stereocenters. The molecule has 4 rings (SSSR count). The molecule has 27 heavy (non-hydrogen) atoms. The predicted molar refractivity (Wildman–Crippen MR) is 95.1 cm³/mol. The molecule has 0 radical (unpaired) electrons. The summed E-state index contributed by atoms with van der Waals surface area (Å²) in [7, 11) is -3.73. The van der Waals surface area contributed by atoms with E-state index >= 15 is 0 Å². The van der Waals surface area contributed by atoms with Gasteiger partial charge in [0.05, 0.1) is 16.0 Å². The van der Waals surface area contributed by atoms with E-state index < -0.39 is 15.8 Å². The third kappa shape index (κ3) is 2.94. The summed E-state index contributed by atoms with van der Waals surface area (Å²) in [6.07, 6.45) is 0.734. The Kier molecular flexibility index (Phi) is 4.32. The number of piperidine rings is 1. The first-order chi connectivity index (χ1) is 12.9. The molecule has 0 spiro atoms. The molecule has 0 aliphatic carbocycles. The molecule has 140 valence electrons. The number of carbonyl (C=O) groups is 2. The lowest BCUT2D eigenvalue weighted by Crippen LogP contribution is -2.48. The topological polar surface area (TPSA) is 74.8 Å². The van der Waals surface area contributed by atoms with Gasteiger partial charge >= 0.3 is 0 Å². The maximum absolute atomic E-state index is 13.0. The summed E-state index contributed by atoms with van der Waals surface area (Å²) in [6, 6.07) is 11.0. The van der Waals surface area contributed by atoms with Crippen molar-refractivity contribution in [2.24, 2.45) is 0 Å². The summed E-state index contributed by atoms with van der Waals surface area (Å²) in [4.78, 5) is 26.4. The minimum atomic E-state index is -3.73. The zero-order chi connectivity index (χ0) is 19.2. The Balaban J connectivity index is 1.49. The zero-order valence-electron chi connectivity index (χ0n) is 14.3. The number of rotatable bonds is 3. The highest BCUT2D eigenvalue weighted by Crippen LogP contribution is 2.30. The average molecular weight is 388 g/mol. The van der Waals surface area contributed by atoms with Crippen molar-refractivity contribution in [1.29, 1.82) is 0 Å². The summed E-state index contributed by atoms with van der Waals surface area (Å²) in [5.41, 5.74) is 0.785. The number of hydrogen-bond acceptors (Lipinski definition) is 4. The number of benzene rings is 2. The van der Waals surface area contributed by atoms with E-state index in [0.29, 0.717) is 24.0 Å². The van der Waals surface area contributed by atoms with E-state index in [0.717, 1.165) is 12.1 Å². The molecule has 2 aromatic carbocycles. The van der Waals surface area contributed by atoms with E-state index in [4.69, 9.17) is 0 Å². The summed E-state index contributed by atoms with van der Waals surface area (Å²) >= 11 is 0. The highest BCUT2D eigenvalue weighted by molar-refractivity contribution is 7.89. The van der Waals surface area contributed by atoms with Gasteiger partial charge in [-0.2, -0.15) is 4.31 Å². The molecule has 1 fully saturated rings. The third-order valence-electron chi connectivity index (χ3n) is 5.07. The first-order valence-electron chi connectivity index (χ1n) is 8.62. The van der Waals surface area contributed by atoms with Crippen LogP contribution < -0.4 is 0 Å². The Hall–Kier alpha value is -2.58. The zero-order valence-corrected chi connectivity index (χ0v) is 15.2. The lowest BCUT2D eigenvalue weighted by molar-refractivity contribution is 0.0536. The van der Waals surface area contributed by atoms with Crippen molar-refractivity contribution in [3.05, 3.63) is 65.5 Å². The summed E-state index contributed by atoms with van der Waals surface area (Å²) < 4.78 is 39.7. The Labute approximate surface area is 156 Å². The second-order valence-corrected chi connectivity index (χ2v) is 8.55. The van der Waals surface area contributed by atoms with Crippen LogP contribution in [-0.2, 0) is 10.0 Å². The normalized spacial score (nSPS) is 18.8. The van der Waals surface area contributed by atoms with Crippen molar-refractivity contribution in [3.8, 4) is 0 Å².